The van der Waals surface area contributed by atoms with Gasteiger partial charge in [0.15, 0.2) is 0 Å². The molecule has 5 nitrogen and oxygen atoms in total. The second-order valence-corrected chi connectivity index (χ2v) is 7.45. The standard InChI is InChI=1S/C23H25FN4O/c1-16(2)28(15-19-9-7-18(14-25)8-10-19)12-4-5-22-26-23(27-29-22)20-11-6-17(3)21(24)13-20/h6-11,13,16H,4-5,12,15H2,1-3H3. The van der Waals surface area contributed by atoms with Crippen LogP contribution in [-0.4, -0.2) is 27.6 Å². The molecule has 0 amide bonds. The van der Waals surface area contributed by atoms with E-state index in [0.717, 1.165) is 19.5 Å². The van der Waals surface area contributed by atoms with Crippen molar-refractivity contribution in [2.45, 2.75) is 46.2 Å². The van der Waals surface area contributed by atoms with Crippen LogP contribution in [0.4, 0.5) is 4.39 Å². The molecule has 3 aromatic rings. The third-order valence-corrected chi connectivity index (χ3v) is 4.93. The van der Waals surface area contributed by atoms with Gasteiger partial charge in [-0.1, -0.05) is 29.4 Å². The average Bonchev–Trinajstić information content (AvgIpc) is 3.18. The minimum Gasteiger partial charge on any atom is -0.339 e. The zero-order chi connectivity index (χ0) is 20.8. The molecule has 0 N–H and O–H groups in total. The topological polar surface area (TPSA) is 66.0 Å². The maximum Gasteiger partial charge on any atom is 0.227 e. The highest BCUT2D eigenvalue weighted by Crippen LogP contribution is 2.19. The maximum atomic E-state index is 13.8. The first-order chi connectivity index (χ1) is 14.0. The highest BCUT2D eigenvalue weighted by molar-refractivity contribution is 5.54. The molecule has 3 rings (SSSR count). The third-order valence-electron chi connectivity index (χ3n) is 4.93. The van der Waals surface area contributed by atoms with Gasteiger partial charge in [0.2, 0.25) is 11.7 Å². The third kappa shape index (κ3) is 5.49. The molecule has 150 valence electrons. The molecule has 2 aromatic carbocycles. The number of nitrogens with zero attached hydrogens (tertiary/aromatic N) is 4. The molecule has 0 aliphatic carbocycles. The van der Waals surface area contributed by atoms with Crippen LogP contribution in [0.3, 0.4) is 0 Å². The average molecular weight is 392 g/mol. The Morgan fingerprint density at radius 1 is 1.17 bits per heavy atom. The first-order valence-electron chi connectivity index (χ1n) is 9.78. The van der Waals surface area contributed by atoms with Gasteiger partial charge in [0.05, 0.1) is 11.6 Å². The molecular formula is C23H25FN4O. The van der Waals surface area contributed by atoms with Crippen LogP contribution in [0.1, 0.15) is 42.8 Å². The summed E-state index contributed by atoms with van der Waals surface area (Å²) < 4.78 is 19.1. The summed E-state index contributed by atoms with van der Waals surface area (Å²) in [6.07, 6.45) is 1.54. The summed E-state index contributed by atoms with van der Waals surface area (Å²) in [5.74, 6) is 0.699. The van der Waals surface area contributed by atoms with Crippen molar-refractivity contribution in [3.63, 3.8) is 0 Å². The molecule has 0 aliphatic heterocycles. The minimum atomic E-state index is -0.274. The second-order valence-electron chi connectivity index (χ2n) is 7.45. The van der Waals surface area contributed by atoms with Gasteiger partial charge in [0.25, 0.3) is 0 Å². The molecule has 29 heavy (non-hydrogen) atoms. The van der Waals surface area contributed by atoms with Gasteiger partial charge in [-0.15, -0.1) is 0 Å². The van der Waals surface area contributed by atoms with Crippen LogP contribution in [-0.2, 0) is 13.0 Å². The lowest BCUT2D eigenvalue weighted by Crippen LogP contribution is -2.31. The molecule has 0 radical (unpaired) electrons. The lowest BCUT2D eigenvalue weighted by Gasteiger charge is -2.26. The van der Waals surface area contributed by atoms with Gasteiger partial charge in [-0.25, -0.2) is 4.39 Å². The molecule has 0 saturated carbocycles. The Morgan fingerprint density at radius 3 is 2.59 bits per heavy atom. The van der Waals surface area contributed by atoms with Crippen molar-refractivity contribution in [2.75, 3.05) is 6.54 Å². The number of aromatic nitrogens is 2. The summed E-state index contributed by atoms with van der Waals surface area (Å²) in [5.41, 5.74) is 3.06. The van der Waals surface area contributed by atoms with Crippen molar-refractivity contribution in [2.24, 2.45) is 0 Å². The zero-order valence-corrected chi connectivity index (χ0v) is 17.0. The van der Waals surface area contributed by atoms with Gasteiger partial charge >= 0.3 is 0 Å². The SMILES string of the molecule is Cc1ccc(-c2noc(CCCN(Cc3ccc(C#N)cc3)C(C)C)n2)cc1F. The van der Waals surface area contributed by atoms with E-state index in [2.05, 4.69) is 35.0 Å². The molecular weight excluding hydrogens is 367 g/mol. The summed E-state index contributed by atoms with van der Waals surface area (Å²) in [4.78, 5) is 6.77. The summed E-state index contributed by atoms with van der Waals surface area (Å²) in [7, 11) is 0. The second kappa shape index (κ2) is 9.44. The van der Waals surface area contributed by atoms with Crippen LogP contribution in [0.2, 0.25) is 0 Å². The van der Waals surface area contributed by atoms with E-state index < -0.39 is 0 Å². The molecule has 1 heterocycles. The molecule has 0 aliphatic rings. The Labute approximate surface area is 170 Å². The van der Waals surface area contributed by atoms with E-state index >= 15 is 0 Å². The van der Waals surface area contributed by atoms with E-state index in [0.29, 0.717) is 40.9 Å². The number of aryl methyl sites for hydroxylation is 2. The van der Waals surface area contributed by atoms with Crippen molar-refractivity contribution >= 4 is 0 Å². The van der Waals surface area contributed by atoms with Crippen molar-refractivity contribution in [3.8, 4) is 17.5 Å². The van der Waals surface area contributed by atoms with E-state index in [-0.39, 0.29) is 5.82 Å². The summed E-state index contributed by atoms with van der Waals surface area (Å²) >= 11 is 0. The number of benzene rings is 2. The first kappa shape index (κ1) is 20.7. The fourth-order valence-electron chi connectivity index (χ4n) is 3.08. The molecule has 0 bridgehead atoms. The van der Waals surface area contributed by atoms with Crippen molar-refractivity contribution < 1.29 is 8.91 Å². The van der Waals surface area contributed by atoms with Crippen LogP contribution >= 0.6 is 0 Å². The zero-order valence-electron chi connectivity index (χ0n) is 17.0. The van der Waals surface area contributed by atoms with E-state index in [9.17, 15) is 4.39 Å². The van der Waals surface area contributed by atoms with Gasteiger partial charge < -0.3 is 4.52 Å². The monoisotopic (exact) mass is 392 g/mol. The van der Waals surface area contributed by atoms with E-state index in [4.69, 9.17) is 9.78 Å². The van der Waals surface area contributed by atoms with Gasteiger partial charge in [0, 0.05) is 24.6 Å². The van der Waals surface area contributed by atoms with Crippen LogP contribution in [0, 0.1) is 24.1 Å². The summed E-state index contributed by atoms with van der Waals surface area (Å²) in [5, 5.41) is 12.9. The van der Waals surface area contributed by atoms with Crippen molar-refractivity contribution in [3.05, 3.63) is 70.9 Å². The van der Waals surface area contributed by atoms with E-state index in [1.165, 1.54) is 11.6 Å². The fraction of sp³-hybridized carbons (Fsp3) is 0.348. The Kier molecular flexibility index (Phi) is 6.73. The molecule has 0 unspecified atom stereocenters. The first-order valence-corrected chi connectivity index (χ1v) is 9.78. The van der Waals surface area contributed by atoms with E-state index in [1.54, 1.807) is 19.1 Å². The minimum absolute atomic E-state index is 0.274. The van der Waals surface area contributed by atoms with Gasteiger partial charge in [-0.05, 0) is 63.1 Å². The number of rotatable bonds is 8. The summed E-state index contributed by atoms with van der Waals surface area (Å²) in [6, 6.07) is 15.2. The largest absolute Gasteiger partial charge is 0.339 e. The van der Waals surface area contributed by atoms with Crippen LogP contribution in [0.5, 0.6) is 0 Å². The highest BCUT2D eigenvalue weighted by atomic mass is 19.1. The van der Waals surface area contributed by atoms with Crippen LogP contribution in [0.25, 0.3) is 11.4 Å². The molecule has 0 atom stereocenters. The van der Waals surface area contributed by atoms with E-state index in [1.807, 2.05) is 24.3 Å². The Bertz CT molecular complexity index is 989. The number of hydrogen-bond donors (Lipinski definition) is 0. The van der Waals surface area contributed by atoms with Crippen LogP contribution < -0.4 is 0 Å². The predicted octanol–water partition coefficient (Wildman–Crippen LogP) is 4.90. The van der Waals surface area contributed by atoms with Crippen LogP contribution in [0.15, 0.2) is 47.0 Å². The lowest BCUT2D eigenvalue weighted by molar-refractivity contribution is 0.207. The van der Waals surface area contributed by atoms with Crippen molar-refractivity contribution in [1.29, 1.82) is 5.26 Å². The molecule has 0 spiro atoms. The van der Waals surface area contributed by atoms with Crippen molar-refractivity contribution in [1.82, 2.24) is 15.0 Å². The number of hydrogen-bond acceptors (Lipinski definition) is 5. The molecule has 0 saturated heterocycles. The smallest absolute Gasteiger partial charge is 0.227 e. The quantitative estimate of drug-likeness (QED) is 0.545. The fourth-order valence-corrected chi connectivity index (χ4v) is 3.08. The molecule has 1 aromatic heterocycles. The highest BCUT2D eigenvalue weighted by Gasteiger charge is 2.13. The molecule has 0 fully saturated rings. The summed E-state index contributed by atoms with van der Waals surface area (Å²) in [6.45, 7) is 7.76. The normalized spacial score (nSPS) is 11.2. The van der Waals surface area contributed by atoms with Gasteiger partial charge in [-0.3, -0.25) is 4.90 Å². The van der Waals surface area contributed by atoms with Gasteiger partial charge in [-0.2, -0.15) is 10.2 Å². The Balaban J connectivity index is 1.56. The Hall–Kier alpha value is -3.04. The Morgan fingerprint density at radius 2 is 1.93 bits per heavy atom. The molecule has 6 heteroatoms. The number of nitriles is 1. The van der Waals surface area contributed by atoms with Gasteiger partial charge in [0.1, 0.15) is 5.82 Å². The maximum absolute atomic E-state index is 13.8. The lowest BCUT2D eigenvalue weighted by atomic mass is 10.1. The predicted molar refractivity (Wildman–Crippen MR) is 109 cm³/mol. The number of halogens is 1.